The van der Waals surface area contributed by atoms with Gasteiger partial charge in [0.25, 0.3) is 0 Å². The minimum atomic E-state index is -0.470. The molecule has 3 heteroatoms. The minimum absolute atomic E-state index is 0.470. The summed E-state index contributed by atoms with van der Waals surface area (Å²) in [5.74, 6) is 0. The molecule has 9 aromatic carbocycles. The molecule has 0 bridgehead atoms. The number of benzene rings is 9. The molecule has 3 nitrogen and oxygen atoms in total. The third kappa shape index (κ3) is 3.67. The van der Waals surface area contributed by atoms with Gasteiger partial charge in [0.2, 0.25) is 0 Å². The van der Waals surface area contributed by atoms with Gasteiger partial charge in [0.1, 0.15) is 11.2 Å². The average Bonchev–Trinajstić information content (AvgIpc) is 4.00. The van der Waals surface area contributed by atoms with Gasteiger partial charge in [-0.25, -0.2) is 0 Å². The van der Waals surface area contributed by atoms with Crippen LogP contribution in [0.2, 0.25) is 0 Å². The number of hydrogen-bond donors (Lipinski definition) is 0. The molecule has 0 saturated carbocycles. The van der Waals surface area contributed by atoms with Crippen LogP contribution in [-0.4, -0.2) is 0 Å². The lowest BCUT2D eigenvalue weighted by Crippen LogP contribution is -2.26. The molecule has 1 spiro atoms. The summed E-state index contributed by atoms with van der Waals surface area (Å²) in [6.07, 6.45) is 0. The zero-order chi connectivity index (χ0) is 36.5. The Balaban J connectivity index is 1.22. The summed E-state index contributed by atoms with van der Waals surface area (Å²) < 4.78 is 13.5. The number of hydrogen-bond acceptors (Lipinski definition) is 3. The van der Waals surface area contributed by atoms with E-state index in [0.717, 1.165) is 60.9 Å². The fourth-order valence-electron chi connectivity index (χ4n) is 10.3. The summed E-state index contributed by atoms with van der Waals surface area (Å²) in [7, 11) is 0. The maximum absolute atomic E-state index is 6.83. The molecule has 0 fully saturated rings. The van der Waals surface area contributed by atoms with E-state index in [1.54, 1.807) is 0 Å². The van der Waals surface area contributed by atoms with Crippen LogP contribution < -0.4 is 4.90 Å². The first kappa shape index (κ1) is 30.0. The first-order valence-electron chi connectivity index (χ1n) is 19.3. The Morgan fingerprint density at radius 3 is 1.64 bits per heavy atom. The molecule has 2 aliphatic carbocycles. The summed E-state index contributed by atoms with van der Waals surface area (Å²) in [6, 6.07) is 68.4. The zero-order valence-corrected chi connectivity index (χ0v) is 30.2. The molecule has 0 N–H and O–H groups in total. The lowest BCUT2D eigenvalue weighted by atomic mass is 9.70. The Bertz CT molecular complexity index is 3400. The van der Waals surface area contributed by atoms with Gasteiger partial charge in [-0.2, -0.15) is 0 Å². The van der Waals surface area contributed by atoms with E-state index in [1.807, 2.05) is 18.2 Å². The van der Waals surface area contributed by atoms with Crippen LogP contribution in [0.25, 0.3) is 76.9 Å². The highest BCUT2D eigenvalue weighted by Gasteiger charge is 2.52. The number of rotatable bonds is 3. The fraction of sp³-hybridized carbons (Fsp3) is 0.0189. The number of fused-ring (bicyclic) bond motifs is 18. The van der Waals surface area contributed by atoms with E-state index in [2.05, 4.69) is 175 Å². The molecule has 2 aliphatic rings. The normalized spacial score (nSPS) is 13.5. The van der Waals surface area contributed by atoms with Crippen LogP contribution in [0.15, 0.2) is 197 Å². The number of nitrogens with zero attached hydrogens (tertiary/aromatic N) is 1. The smallest absolute Gasteiger partial charge is 0.180 e. The SMILES string of the molecule is c1ccc2c(c1)-c1ccccc1C21c2ccccc2-c2c(N(c3cccc4ccccc34)c3cc4c5ccccc5oc4c4oc5ccccc5c34)cccc21. The molecule has 0 saturated heterocycles. The van der Waals surface area contributed by atoms with Gasteiger partial charge < -0.3 is 13.7 Å². The molecular formula is C53H31NO2. The van der Waals surface area contributed by atoms with Gasteiger partial charge in [-0.05, 0) is 74.7 Å². The van der Waals surface area contributed by atoms with Crippen molar-refractivity contribution < 1.29 is 8.83 Å². The minimum Gasteiger partial charge on any atom is -0.452 e. The van der Waals surface area contributed by atoms with Gasteiger partial charge in [-0.1, -0.05) is 158 Å². The molecule has 2 aromatic heterocycles. The van der Waals surface area contributed by atoms with E-state index in [-0.39, 0.29) is 0 Å². The van der Waals surface area contributed by atoms with Crippen LogP contribution in [-0.2, 0) is 5.41 Å². The van der Waals surface area contributed by atoms with Crippen molar-refractivity contribution in [2.45, 2.75) is 5.41 Å². The molecule has 0 aliphatic heterocycles. The second kappa shape index (κ2) is 10.9. The fourth-order valence-corrected chi connectivity index (χ4v) is 10.3. The number of para-hydroxylation sites is 2. The largest absolute Gasteiger partial charge is 0.452 e. The summed E-state index contributed by atoms with van der Waals surface area (Å²) in [5.41, 5.74) is 16.3. The molecule has 56 heavy (non-hydrogen) atoms. The maximum atomic E-state index is 6.83. The quantitative estimate of drug-likeness (QED) is 0.183. The molecular weight excluding hydrogens is 683 g/mol. The van der Waals surface area contributed by atoms with Crippen LogP contribution >= 0.6 is 0 Å². The van der Waals surface area contributed by atoms with Crippen LogP contribution in [0, 0.1) is 0 Å². The molecule has 0 amide bonds. The van der Waals surface area contributed by atoms with Crippen molar-refractivity contribution in [1.29, 1.82) is 0 Å². The highest BCUT2D eigenvalue weighted by Crippen LogP contribution is 2.65. The van der Waals surface area contributed by atoms with E-state index >= 15 is 0 Å². The summed E-state index contributed by atoms with van der Waals surface area (Å²) in [6.45, 7) is 0. The summed E-state index contributed by atoms with van der Waals surface area (Å²) in [5, 5.41) is 6.51. The van der Waals surface area contributed by atoms with Crippen molar-refractivity contribution in [3.05, 3.63) is 210 Å². The van der Waals surface area contributed by atoms with Gasteiger partial charge >= 0.3 is 0 Å². The Labute approximate surface area is 322 Å². The number of furan rings is 2. The van der Waals surface area contributed by atoms with Crippen LogP contribution in [0.5, 0.6) is 0 Å². The lowest BCUT2D eigenvalue weighted by Gasteiger charge is -2.32. The second-order valence-corrected chi connectivity index (χ2v) is 15.1. The van der Waals surface area contributed by atoms with Crippen molar-refractivity contribution in [3.63, 3.8) is 0 Å². The Morgan fingerprint density at radius 1 is 0.357 bits per heavy atom. The Kier molecular flexibility index (Phi) is 5.83. The van der Waals surface area contributed by atoms with Crippen molar-refractivity contribution in [2.24, 2.45) is 0 Å². The van der Waals surface area contributed by atoms with Crippen LogP contribution in [0.1, 0.15) is 22.3 Å². The van der Waals surface area contributed by atoms with E-state index in [1.165, 1.54) is 55.3 Å². The Hall–Kier alpha value is -7.36. The third-order valence-electron chi connectivity index (χ3n) is 12.5. The van der Waals surface area contributed by atoms with E-state index in [4.69, 9.17) is 8.83 Å². The standard InChI is InChI=1S/C53H31NO2/c1-2-17-33-32(15-1)16-13-27-44(33)54(46-31-39-36-20-6-11-29-47(36)55-51(39)52-50(46)38-22-7-12-30-48(38)56-52)45-28-14-26-43-49(45)37-21-5-10-25-42(37)53(43)40-23-8-3-18-34(40)35-19-4-9-24-41(35)53/h1-31H. The Morgan fingerprint density at radius 2 is 0.875 bits per heavy atom. The van der Waals surface area contributed by atoms with Gasteiger partial charge in [0.15, 0.2) is 11.2 Å². The van der Waals surface area contributed by atoms with Crippen molar-refractivity contribution >= 4 is 71.7 Å². The van der Waals surface area contributed by atoms with Gasteiger partial charge in [-0.3, -0.25) is 0 Å². The van der Waals surface area contributed by atoms with Crippen LogP contribution in [0.3, 0.4) is 0 Å². The molecule has 0 atom stereocenters. The molecule has 13 rings (SSSR count). The molecule has 0 radical (unpaired) electrons. The zero-order valence-electron chi connectivity index (χ0n) is 30.2. The van der Waals surface area contributed by atoms with E-state index in [9.17, 15) is 0 Å². The van der Waals surface area contributed by atoms with Gasteiger partial charge in [0.05, 0.1) is 27.9 Å². The van der Waals surface area contributed by atoms with E-state index < -0.39 is 5.41 Å². The highest BCUT2D eigenvalue weighted by atomic mass is 16.4. The van der Waals surface area contributed by atoms with Crippen molar-refractivity contribution in [1.82, 2.24) is 0 Å². The second-order valence-electron chi connectivity index (χ2n) is 15.1. The average molecular weight is 714 g/mol. The first-order chi connectivity index (χ1) is 27.8. The van der Waals surface area contributed by atoms with Gasteiger partial charge in [-0.15, -0.1) is 0 Å². The topological polar surface area (TPSA) is 29.5 Å². The van der Waals surface area contributed by atoms with E-state index in [0.29, 0.717) is 0 Å². The monoisotopic (exact) mass is 713 g/mol. The van der Waals surface area contributed by atoms with Crippen LogP contribution in [0.4, 0.5) is 17.1 Å². The summed E-state index contributed by atoms with van der Waals surface area (Å²) in [4.78, 5) is 2.51. The van der Waals surface area contributed by atoms with Gasteiger partial charge in [0, 0.05) is 27.1 Å². The first-order valence-corrected chi connectivity index (χ1v) is 19.3. The molecule has 260 valence electrons. The predicted molar refractivity (Wildman–Crippen MR) is 229 cm³/mol. The highest BCUT2D eigenvalue weighted by molar-refractivity contribution is 6.25. The van der Waals surface area contributed by atoms with Crippen molar-refractivity contribution in [2.75, 3.05) is 4.90 Å². The number of anilines is 3. The van der Waals surface area contributed by atoms with Crippen molar-refractivity contribution in [3.8, 4) is 22.3 Å². The molecule has 0 unspecified atom stereocenters. The third-order valence-corrected chi connectivity index (χ3v) is 12.5. The molecule has 11 aromatic rings. The summed E-state index contributed by atoms with van der Waals surface area (Å²) >= 11 is 0. The predicted octanol–water partition coefficient (Wildman–Crippen LogP) is 14.5. The lowest BCUT2D eigenvalue weighted by molar-refractivity contribution is 0.633. The maximum Gasteiger partial charge on any atom is 0.180 e. The molecule has 2 heterocycles.